The lowest BCUT2D eigenvalue weighted by Crippen LogP contribution is -2.37. The zero-order valence-corrected chi connectivity index (χ0v) is 14.0. The average molecular weight is 338 g/mol. The highest BCUT2D eigenvalue weighted by atomic mass is 32.2. The van der Waals surface area contributed by atoms with Gasteiger partial charge in [-0.3, -0.25) is 4.79 Å². The van der Waals surface area contributed by atoms with Gasteiger partial charge in [-0.15, -0.1) is 0 Å². The summed E-state index contributed by atoms with van der Waals surface area (Å²) in [7, 11) is -1.82. The van der Waals surface area contributed by atoms with Crippen molar-refractivity contribution in [1.82, 2.24) is 4.90 Å². The van der Waals surface area contributed by atoms with Gasteiger partial charge in [-0.2, -0.15) is 5.26 Å². The number of nitriles is 1. The summed E-state index contributed by atoms with van der Waals surface area (Å²) in [5.41, 5.74) is 0.150. The largest absolute Gasteiger partial charge is 0.449 e. The molecule has 1 rings (SSSR count). The minimum atomic E-state index is -3.34. The summed E-state index contributed by atoms with van der Waals surface area (Å²) >= 11 is 0. The standard InChI is InChI=1S/C15H18N2O5S/c1-11(14(18)17(2)10-4-9-16)22-15(19)12-5-7-13(8-6-12)23(3,20)21/h5-8,11H,4,10H2,1-3H3/t11-/m0/s1. The molecule has 0 N–H and O–H groups in total. The van der Waals surface area contributed by atoms with Gasteiger partial charge in [-0.05, 0) is 31.2 Å². The number of esters is 1. The predicted molar refractivity (Wildman–Crippen MR) is 82.3 cm³/mol. The quantitative estimate of drug-likeness (QED) is 0.717. The van der Waals surface area contributed by atoms with E-state index in [1.165, 1.54) is 43.1 Å². The minimum absolute atomic E-state index is 0.0920. The number of hydrogen-bond donors (Lipinski definition) is 0. The molecule has 0 aromatic heterocycles. The highest BCUT2D eigenvalue weighted by Gasteiger charge is 2.22. The third-order valence-corrected chi connectivity index (χ3v) is 4.21. The second kappa shape index (κ2) is 7.74. The summed E-state index contributed by atoms with van der Waals surface area (Å²) in [5, 5.41) is 8.49. The first-order valence-corrected chi connectivity index (χ1v) is 8.69. The van der Waals surface area contributed by atoms with E-state index in [1.54, 1.807) is 0 Å². The molecule has 0 aliphatic heterocycles. The SMILES string of the molecule is C[C@H](OC(=O)c1ccc(S(C)(=O)=O)cc1)C(=O)N(C)CCC#N. The van der Waals surface area contributed by atoms with E-state index in [9.17, 15) is 18.0 Å². The molecule has 1 amide bonds. The highest BCUT2D eigenvalue weighted by molar-refractivity contribution is 7.90. The Morgan fingerprint density at radius 2 is 1.87 bits per heavy atom. The molecule has 0 radical (unpaired) electrons. The first kappa shape index (κ1) is 18.6. The summed E-state index contributed by atoms with van der Waals surface area (Å²) in [5.74, 6) is -1.14. The van der Waals surface area contributed by atoms with Crippen molar-refractivity contribution >= 4 is 21.7 Å². The van der Waals surface area contributed by atoms with E-state index in [2.05, 4.69) is 0 Å². The lowest BCUT2D eigenvalue weighted by molar-refractivity contribution is -0.138. The van der Waals surface area contributed by atoms with Crippen LogP contribution in [0.1, 0.15) is 23.7 Å². The van der Waals surface area contributed by atoms with Crippen LogP contribution in [0.15, 0.2) is 29.2 Å². The van der Waals surface area contributed by atoms with Crippen LogP contribution in [0.4, 0.5) is 0 Å². The van der Waals surface area contributed by atoms with Crippen LogP contribution < -0.4 is 0 Å². The van der Waals surface area contributed by atoms with Gasteiger partial charge in [-0.25, -0.2) is 13.2 Å². The van der Waals surface area contributed by atoms with Gasteiger partial charge >= 0.3 is 5.97 Å². The number of rotatable bonds is 6. The Balaban J connectivity index is 2.72. The molecule has 0 heterocycles. The Hall–Kier alpha value is -2.40. The molecular weight excluding hydrogens is 320 g/mol. The molecular formula is C15H18N2O5S. The molecule has 0 saturated heterocycles. The summed E-state index contributed by atoms with van der Waals surface area (Å²) in [6.07, 6.45) is 0.259. The van der Waals surface area contributed by atoms with Gasteiger partial charge in [-0.1, -0.05) is 0 Å². The molecule has 23 heavy (non-hydrogen) atoms. The lowest BCUT2D eigenvalue weighted by Gasteiger charge is -2.20. The van der Waals surface area contributed by atoms with Gasteiger partial charge < -0.3 is 9.64 Å². The van der Waals surface area contributed by atoms with Crippen molar-refractivity contribution in [2.75, 3.05) is 19.8 Å². The Bertz CT molecular complexity index is 719. The molecule has 1 aromatic carbocycles. The average Bonchev–Trinajstić information content (AvgIpc) is 2.50. The van der Waals surface area contributed by atoms with Gasteiger partial charge in [0.1, 0.15) is 0 Å². The molecule has 0 aliphatic carbocycles. The molecule has 1 aromatic rings. The normalized spacial score (nSPS) is 12.1. The third kappa shape index (κ3) is 5.38. The molecule has 0 spiro atoms. The molecule has 0 unspecified atom stereocenters. The number of amides is 1. The molecule has 124 valence electrons. The fourth-order valence-corrected chi connectivity index (χ4v) is 2.39. The zero-order valence-electron chi connectivity index (χ0n) is 13.1. The van der Waals surface area contributed by atoms with Crippen molar-refractivity contribution in [2.45, 2.75) is 24.3 Å². The molecule has 0 aliphatic rings. The van der Waals surface area contributed by atoms with E-state index >= 15 is 0 Å². The van der Waals surface area contributed by atoms with Crippen molar-refractivity contribution in [3.05, 3.63) is 29.8 Å². The van der Waals surface area contributed by atoms with E-state index in [0.717, 1.165) is 6.26 Å². The number of likely N-dealkylation sites (N-methyl/N-ethyl adjacent to an activating group) is 1. The van der Waals surface area contributed by atoms with Gasteiger partial charge in [0.15, 0.2) is 15.9 Å². The maximum absolute atomic E-state index is 12.0. The number of nitrogens with zero attached hydrogens (tertiary/aromatic N) is 2. The molecule has 0 fully saturated rings. The Morgan fingerprint density at radius 3 is 2.35 bits per heavy atom. The molecule has 0 saturated carbocycles. The van der Waals surface area contributed by atoms with Gasteiger partial charge in [0.25, 0.3) is 5.91 Å². The fourth-order valence-electron chi connectivity index (χ4n) is 1.76. The van der Waals surface area contributed by atoms with Crippen LogP contribution in [0.2, 0.25) is 0 Å². The van der Waals surface area contributed by atoms with E-state index in [1.807, 2.05) is 6.07 Å². The number of ether oxygens (including phenoxy) is 1. The summed E-state index contributed by atoms with van der Waals surface area (Å²) in [6, 6.07) is 7.19. The summed E-state index contributed by atoms with van der Waals surface area (Å²) < 4.78 is 27.8. The Kier molecular flexibility index (Phi) is 6.28. The summed E-state index contributed by atoms with van der Waals surface area (Å²) in [6.45, 7) is 1.69. The van der Waals surface area contributed by atoms with E-state index in [4.69, 9.17) is 10.00 Å². The van der Waals surface area contributed by atoms with Crippen LogP contribution >= 0.6 is 0 Å². The van der Waals surface area contributed by atoms with E-state index in [0.29, 0.717) is 0 Å². The number of benzene rings is 1. The minimum Gasteiger partial charge on any atom is -0.449 e. The van der Waals surface area contributed by atoms with Crippen LogP contribution in [-0.2, 0) is 19.4 Å². The number of carbonyl (C=O) groups excluding carboxylic acids is 2. The molecule has 0 bridgehead atoms. The number of sulfone groups is 1. The van der Waals surface area contributed by atoms with Gasteiger partial charge in [0.2, 0.25) is 0 Å². The Labute approximate surface area is 135 Å². The molecule has 7 nitrogen and oxygen atoms in total. The van der Waals surface area contributed by atoms with Crippen molar-refractivity contribution in [2.24, 2.45) is 0 Å². The second-order valence-corrected chi connectivity index (χ2v) is 7.03. The third-order valence-electron chi connectivity index (χ3n) is 3.08. The topological polar surface area (TPSA) is 105 Å². The van der Waals surface area contributed by atoms with Crippen LogP contribution in [0.25, 0.3) is 0 Å². The van der Waals surface area contributed by atoms with Crippen molar-refractivity contribution in [1.29, 1.82) is 5.26 Å². The maximum Gasteiger partial charge on any atom is 0.338 e. The fraction of sp³-hybridized carbons (Fsp3) is 0.400. The predicted octanol–water partition coefficient (Wildman–Crippen LogP) is 1.01. The second-order valence-electron chi connectivity index (χ2n) is 5.01. The summed E-state index contributed by atoms with van der Waals surface area (Å²) in [4.78, 5) is 25.3. The molecule has 8 heteroatoms. The smallest absolute Gasteiger partial charge is 0.338 e. The van der Waals surface area contributed by atoms with Crippen LogP contribution in [0.3, 0.4) is 0 Å². The Morgan fingerprint density at radius 1 is 1.30 bits per heavy atom. The van der Waals surface area contributed by atoms with Crippen LogP contribution in [0.5, 0.6) is 0 Å². The highest BCUT2D eigenvalue weighted by Crippen LogP contribution is 2.12. The van der Waals surface area contributed by atoms with Crippen LogP contribution in [-0.4, -0.2) is 51.1 Å². The van der Waals surface area contributed by atoms with Crippen molar-refractivity contribution < 1.29 is 22.7 Å². The zero-order chi connectivity index (χ0) is 17.6. The van der Waals surface area contributed by atoms with Crippen molar-refractivity contribution in [3.63, 3.8) is 0 Å². The first-order chi connectivity index (χ1) is 10.7. The number of hydrogen-bond acceptors (Lipinski definition) is 6. The van der Waals surface area contributed by atoms with Gasteiger partial charge in [0, 0.05) is 19.8 Å². The van der Waals surface area contributed by atoms with Gasteiger partial charge in [0.05, 0.1) is 22.9 Å². The maximum atomic E-state index is 12.0. The monoisotopic (exact) mass is 338 g/mol. The van der Waals surface area contributed by atoms with Crippen LogP contribution in [0, 0.1) is 11.3 Å². The molecule has 1 atom stereocenters. The lowest BCUT2D eigenvalue weighted by atomic mass is 10.2. The number of carbonyl (C=O) groups is 2. The van der Waals surface area contributed by atoms with E-state index in [-0.39, 0.29) is 23.4 Å². The first-order valence-electron chi connectivity index (χ1n) is 6.80. The van der Waals surface area contributed by atoms with E-state index < -0.39 is 27.8 Å². The van der Waals surface area contributed by atoms with Crippen molar-refractivity contribution in [3.8, 4) is 6.07 Å².